The van der Waals surface area contributed by atoms with E-state index in [4.69, 9.17) is 0 Å². The van der Waals surface area contributed by atoms with Crippen LogP contribution in [0, 0.1) is 23.6 Å². The first-order valence-corrected chi connectivity index (χ1v) is 13.8. The van der Waals surface area contributed by atoms with E-state index in [1.54, 1.807) is 0 Å². The molecule has 4 unspecified atom stereocenters. The lowest BCUT2D eigenvalue weighted by Gasteiger charge is -2.42. The molecule has 1 saturated heterocycles. The van der Waals surface area contributed by atoms with Crippen LogP contribution in [-0.4, -0.2) is 28.5 Å². The summed E-state index contributed by atoms with van der Waals surface area (Å²) < 4.78 is 95.8. The number of alkyl halides is 6. The van der Waals surface area contributed by atoms with Gasteiger partial charge in [-0.3, -0.25) is 19.2 Å². The molecule has 0 aromatic heterocycles. The van der Waals surface area contributed by atoms with Gasteiger partial charge in [0.15, 0.2) is 23.1 Å². The van der Waals surface area contributed by atoms with E-state index in [0.717, 1.165) is 12.1 Å². The summed E-state index contributed by atoms with van der Waals surface area (Å²) >= 11 is 3.03. The Hall–Kier alpha value is -4.07. The number of Topliss-reactive ketones (excluding diaryl/α,β-unsaturated/α-hetero) is 1. The number of halogens is 8. The minimum atomic E-state index is -5.23. The van der Waals surface area contributed by atoms with E-state index >= 15 is 0 Å². The van der Waals surface area contributed by atoms with Crippen molar-refractivity contribution in [3.05, 3.63) is 92.3 Å². The average Bonchev–Trinajstić information content (AvgIpc) is 3.20. The fourth-order valence-electron chi connectivity index (χ4n) is 6.65. The molecule has 2 aromatic rings. The van der Waals surface area contributed by atoms with E-state index < -0.39 is 87.8 Å². The molecule has 0 radical (unpaired) electrons. The second-order valence-electron chi connectivity index (χ2n) is 10.8. The normalized spacial score (nSPS) is 25.5. The third kappa shape index (κ3) is 4.52. The van der Waals surface area contributed by atoms with Gasteiger partial charge in [0.2, 0.25) is 11.8 Å². The number of carbonyl (C=O) groups is 4. The van der Waals surface area contributed by atoms with Crippen LogP contribution < -0.4 is 4.90 Å². The molecule has 1 fully saturated rings. The highest BCUT2D eigenvalue weighted by atomic mass is 79.9. The van der Waals surface area contributed by atoms with Crippen LogP contribution in [0.2, 0.25) is 0 Å². The number of ketones is 2. The molecule has 2 amide bonds. The Balaban J connectivity index is 1.49. The van der Waals surface area contributed by atoms with E-state index in [2.05, 4.69) is 15.9 Å². The van der Waals surface area contributed by atoms with Crippen molar-refractivity contribution in [3.63, 3.8) is 0 Å². The number of rotatable bonds is 2. The average molecular weight is 684 g/mol. The molecule has 1 N–H and O–H groups in total. The lowest BCUT2D eigenvalue weighted by atomic mass is 9.59. The van der Waals surface area contributed by atoms with Crippen molar-refractivity contribution in [3.8, 4) is 5.75 Å². The van der Waals surface area contributed by atoms with E-state index in [1.807, 2.05) is 0 Å². The summed E-state index contributed by atoms with van der Waals surface area (Å²) in [4.78, 5) is 54.2. The largest absolute Gasteiger partial charge is 0.505 e. The second kappa shape index (κ2) is 9.98. The number of hydrogen-bond donors (Lipinski definition) is 1. The van der Waals surface area contributed by atoms with E-state index in [1.165, 1.54) is 18.2 Å². The summed E-state index contributed by atoms with van der Waals surface area (Å²) in [5, 5.41) is 10.6. The number of aromatic hydroxyl groups is 1. The van der Waals surface area contributed by atoms with Crippen molar-refractivity contribution in [1.82, 2.24) is 0 Å². The Bertz CT molecular complexity index is 1760. The van der Waals surface area contributed by atoms with Crippen LogP contribution in [0.1, 0.15) is 35.4 Å². The van der Waals surface area contributed by atoms with Crippen LogP contribution in [0.3, 0.4) is 0 Å². The van der Waals surface area contributed by atoms with Crippen LogP contribution in [0.25, 0.3) is 0 Å². The number of benzene rings is 2. The Morgan fingerprint density at radius 1 is 0.886 bits per heavy atom. The summed E-state index contributed by atoms with van der Waals surface area (Å²) in [6.07, 6.45) is -8.41. The molecule has 14 heteroatoms. The molecule has 1 aliphatic heterocycles. The van der Waals surface area contributed by atoms with E-state index in [-0.39, 0.29) is 52.2 Å². The number of phenolic OH excluding ortho intramolecular Hbond substituents is 1. The van der Waals surface area contributed by atoms with Crippen LogP contribution in [0.15, 0.2) is 69.8 Å². The zero-order chi connectivity index (χ0) is 32.0. The fourth-order valence-corrected chi connectivity index (χ4v) is 7.10. The highest BCUT2D eigenvalue weighted by molar-refractivity contribution is 9.12. The van der Waals surface area contributed by atoms with Gasteiger partial charge in [0.05, 0.1) is 33.1 Å². The van der Waals surface area contributed by atoms with E-state index in [9.17, 15) is 55.0 Å². The van der Waals surface area contributed by atoms with Crippen molar-refractivity contribution >= 4 is 45.0 Å². The molecule has 228 valence electrons. The zero-order valence-corrected chi connectivity index (χ0v) is 23.5. The Morgan fingerprint density at radius 2 is 1.52 bits per heavy atom. The summed E-state index contributed by atoms with van der Waals surface area (Å²) in [5.41, 5.74) is -4.29. The van der Waals surface area contributed by atoms with Gasteiger partial charge in [0, 0.05) is 28.7 Å². The maximum Gasteiger partial charge on any atom is 0.416 e. The smallest absolute Gasteiger partial charge is 0.416 e. The van der Waals surface area contributed by atoms with Crippen molar-refractivity contribution in [2.24, 2.45) is 17.8 Å². The van der Waals surface area contributed by atoms with Crippen molar-refractivity contribution in [2.45, 2.75) is 31.1 Å². The molecule has 4 atom stereocenters. The monoisotopic (exact) mass is 683 g/mol. The van der Waals surface area contributed by atoms with Gasteiger partial charge in [-0.05, 0) is 59.0 Å². The highest BCUT2D eigenvalue weighted by Crippen LogP contribution is 2.57. The van der Waals surface area contributed by atoms with Crippen LogP contribution in [0.5, 0.6) is 5.75 Å². The first-order valence-electron chi connectivity index (χ1n) is 13.0. The molecular formula is C30H17BrF7NO5. The molecule has 0 bridgehead atoms. The number of amides is 2. The third-order valence-corrected chi connectivity index (χ3v) is 9.08. The molecule has 44 heavy (non-hydrogen) atoms. The van der Waals surface area contributed by atoms with Gasteiger partial charge in [0.1, 0.15) is 0 Å². The molecular weight excluding hydrogens is 667 g/mol. The van der Waals surface area contributed by atoms with E-state index in [0.29, 0.717) is 10.5 Å². The number of allylic oxidation sites excluding steroid dienone is 6. The first kappa shape index (κ1) is 30.0. The van der Waals surface area contributed by atoms with Crippen molar-refractivity contribution < 1.29 is 55.0 Å². The summed E-state index contributed by atoms with van der Waals surface area (Å²) in [5.74, 6) is -10.0. The number of anilines is 1. The van der Waals surface area contributed by atoms with Gasteiger partial charge in [-0.2, -0.15) is 26.3 Å². The number of imide groups is 1. The lowest BCUT2D eigenvalue weighted by molar-refractivity contribution is -0.143. The Labute approximate surface area is 251 Å². The predicted octanol–water partition coefficient (Wildman–Crippen LogP) is 6.54. The van der Waals surface area contributed by atoms with Crippen LogP contribution in [0.4, 0.5) is 36.4 Å². The quantitative estimate of drug-likeness (QED) is 0.168. The second-order valence-corrected chi connectivity index (χ2v) is 11.7. The first-order chi connectivity index (χ1) is 20.5. The summed E-state index contributed by atoms with van der Waals surface area (Å²) in [7, 11) is 0. The summed E-state index contributed by atoms with van der Waals surface area (Å²) in [6, 6.07) is 4.01. The molecule has 1 heterocycles. The third-order valence-electron chi connectivity index (χ3n) is 8.49. The number of para-hydroxylation sites is 1. The lowest BCUT2D eigenvalue weighted by Crippen LogP contribution is -2.39. The number of carbonyl (C=O) groups excluding carboxylic acids is 4. The minimum absolute atomic E-state index is 0.0682. The SMILES string of the molecule is O=C1C=C(Br)C(=O)C2=C1C(c1cccc(F)c1O)C1=CCC3C(=O)N(c4cc(C(F)(F)F)cc(C(F)(F)F)c4)C(=O)C3C1C2. The van der Waals surface area contributed by atoms with Gasteiger partial charge in [0.25, 0.3) is 0 Å². The molecule has 0 saturated carbocycles. The standard InChI is InChI=1S/C30H17BrF7NO5/c31-19-10-21(40)24-18(25(19)41)9-17-14(22(24)15-2-1-3-20(32)26(15)42)4-5-16-23(17)28(44)39(27(16)43)13-7-11(29(33,34)35)6-12(8-13)30(36,37)38/h1-4,6-8,10,16-17,22-23,42H,5,9H2. The van der Waals surface area contributed by atoms with Crippen LogP contribution in [-0.2, 0) is 31.5 Å². The Kier molecular flexibility index (Phi) is 6.80. The number of phenols is 1. The van der Waals surface area contributed by atoms with Gasteiger partial charge < -0.3 is 5.11 Å². The highest BCUT2D eigenvalue weighted by Gasteiger charge is 2.57. The van der Waals surface area contributed by atoms with Gasteiger partial charge in [-0.1, -0.05) is 23.8 Å². The molecule has 6 rings (SSSR count). The number of hydrogen-bond acceptors (Lipinski definition) is 5. The van der Waals surface area contributed by atoms with Gasteiger partial charge in [-0.25, -0.2) is 9.29 Å². The molecule has 0 spiro atoms. The maximum absolute atomic E-state index is 14.5. The van der Waals surface area contributed by atoms with Crippen LogP contribution >= 0.6 is 15.9 Å². The molecule has 2 aromatic carbocycles. The minimum Gasteiger partial charge on any atom is -0.505 e. The maximum atomic E-state index is 14.5. The zero-order valence-electron chi connectivity index (χ0n) is 21.9. The molecule has 4 aliphatic rings. The van der Waals surface area contributed by atoms with Crippen molar-refractivity contribution in [2.75, 3.05) is 4.90 Å². The predicted molar refractivity (Wildman–Crippen MR) is 142 cm³/mol. The summed E-state index contributed by atoms with van der Waals surface area (Å²) in [6.45, 7) is 0. The van der Waals surface area contributed by atoms with Crippen molar-refractivity contribution in [1.29, 1.82) is 0 Å². The van der Waals surface area contributed by atoms with Gasteiger partial charge >= 0.3 is 12.4 Å². The number of fused-ring (bicyclic) bond motifs is 3. The number of nitrogens with zero attached hydrogens (tertiary/aromatic N) is 1. The fraction of sp³-hybridized carbons (Fsp3) is 0.267. The van der Waals surface area contributed by atoms with Gasteiger partial charge in [-0.15, -0.1) is 0 Å². The molecule has 3 aliphatic carbocycles. The topological polar surface area (TPSA) is 91.8 Å². The molecule has 6 nitrogen and oxygen atoms in total. The Morgan fingerprint density at radius 3 is 2.14 bits per heavy atom.